The number of hydrogen-bond donors (Lipinski definition) is 3. The third-order valence-corrected chi connectivity index (χ3v) is 4.92. The predicted octanol–water partition coefficient (Wildman–Crippen LogP) is 3.24. The van der Waals surface area contributed by atoms with E-state index in [-0.39, 0.29) is 16.8 Å². The normalized spacial score (nSPS) is 11.2. The summed E-state index contributed by atoms with van der Waals surface area (Å²) in [6, 6.07) is 15.5. The highest BCUT2D eigenvalue weighted by Gasteiger charge is 2.15. The number of aromatic nitrogens is 4. The number of nitrogens with zero attached hydrogens (tertiary/aromatic N) is 2. The number of nitrogens with one attached hydrogen (secondary N) is 2. The van der Waals surface area contributed by atoms with E-state index in [2.05, 4.69) is 15.1 Å². The molecule has 30 heavy (non-hydrogen) atoms. The Kier molecular flexibility index (Phi) is 3.92. The lowest BCUT2D eigenvalue weighted by Crippen LogP contribution is -2.09. The number of pyridine rings is 2. The van der Waals surface area contributed by atoms with Crippen LogP contribution in [-0.4, -0.2) is 19.7 Å². The number of benzene rings is 2. The molecule has 0 saturated heterocycles. The van der Waals surface area contributed by atoms with E-state index in [4.69, 9.17) is 10.5 Å². The van der Waals surface area contributed by atoms with Crippen LogP contribution >= 0.6 is 0 Å². The largest absolute Gasteiger partial charge is 0.456 e. The molecule has 0 aliphatic carbocycles. The maximum Gasteiger partial charge on any atom is 0.261 e. The van der Waals surface area contributed by atoms with Gasteiger partial charge in [-0.3, -0.25) is 19.7 Å². The van der Waals surface area contributed by atoms with Crippen molar-refractivity contribution in [3.05, 3.63) is 87.1 Å². The molecule has 0 bridgehead atoms. The van der Waals surface area contributed by atoms with Crippen molar-refractivity contribution < 1.29 is 4.74 Å². The average molecular weight is 399 g/mol. The molecule has 0 saturated carbocycles. The Labute approximate surface area is 169 Å². The molecule has 5 rings (SSSR count). The molecule has 0 aliphatic rings. The van der Waals surface area contributed by atoms with Gasteiger partial charge in [0, 0.05) is 17.1 Å². The van der Waals surface area contributed by atoms with Gasteiger partial charge >= 0.3 is 0 Å². The predicted molar refractivity (Wildman–Crippen MR) is 115 cm³/mol. The molecule has 0 amide bonds. The second-order valence-corrected chi connectivity index (χ2v) is 6.98. The molecule has 0 radical (unpaired) electrons. The highest BCUT2D eigenvalue weighted by molar-refractivity contribution is 6.06. The molecule has 0 atom stereocenters. The summed E-state index contributed by atoms with van der Waals surface area (Å²) in [7, 11) is 0. The smallest absolute Gasteiger partial charge is 0.261 e. The van der Waals surface area contributed by atoms with Gasteiger partial charge < -0.3 is 15.5 Å². The molecule has 4 N–H and O–H groups in total. The van der Waals surface area contributed by atoms with E-state index >= 15 is 0 Å². The zero-order chi connectivity index (χ0) is 20.8. The minimum absolute atomic E-state index is 0.177. The zero-order valence-corrected chi connectivity index (χ0v) is 16.0. The van der Waals surface area contributed by atoms with Gasteiger partial charge in [0.1, 0.15) is 22.7 Å². The van der Waals surface area contributed by atoms with Crippen molar-refractivity contribution in [2.75, 3.05) is 5.73 Å². The van der Waals surface area contributed by atoms with E-state index in [0.717, 1.165) is 11.4 Å². The molecule has 0 aliphatic heterocycles. The summed E-state index contributed by atoms with van der Waals surface area (Å²) in [5.41, 5.74) is 8.41. The van der Waals surface area contributed by atoms with Gasteiger partial charge in [0.05, 0.1) is 22.9 Å². The molecule has 0 unspecified atom stereocenters. The topological polar surface area (TPSA) is 119 Å². The van der Waals surface area contributed by atoms with Crippen molar-refractivity contribution in [1.82, 2.24) is 19.7 Å². The maximum atomic E-state index is 12.6. The highest BCUT2D eigenvalue weighted by Crippen LogP contribution is 2.27. The number of ether oxygens (including phenoxy) is 1. The molecule has 8 nitrogen and oxygen atoms in total. The van der Waals surface area contributed by atoms with Crippen LogP contribution in [-0.2, 0) is 0 Å². The molecule has 2 aromatic carbocycles. The first-order valence-electron chi connectivity index (χ1n) is 9.27. The average Bonchev–Trinajstić information content (AvgIpc) is 3.08. The lowest BCUT2D eigenvalue weighted by atomic mass is 10.1. The van der Waals surface area contributed by atoms with Gasteiger partial charge in [0.15, 0.2) is 5.43 Å². The first kappa shape index (κ1) is 17.7. The number of H-pyrrole nitrogens is 2. The van der Waals surface area contributed by atoms with Crippen LogP contribution in [0.4, 0.5) is 5.82 Å². The summed E-state index contributed by atoms with van der Waals surface area (Å²) in [4.78, 5) is 31.1. The Bertz CT molecular complexity index is 1510. The summed E-state index contributed by atoms with van der Waals surface area (Å²) in [5, 5.41) is 4.23. The number of aromatic amines is 2. The van der Waals surface area contributed by atoms with E-state index in [0.29, 0.717) is 33.3 Å². The van der Waals surface area contributed by atoms with Crippen molar-refractivity contribution >= 4 is 27.6 Å². The molecular formula is C22H17N5O3. The number of rotatable bonds is 3. The van der Waals surface area contributed by atoms with Crippen LogP contribution in [0.15, 0.2) is 70.4 Å². The Hall–Kier alpha value is -4.33. The fraction of sp³-hybridized carbons (Fsp3) is 0.0455. The van der Waals surface area contributed by atoms with Crippen LogP contribution < -0.4 is 21.5 Å². The fourth-order valence-corrected chi connectivity index (χ4v) is 3.44. The summed E-state index contributed by atoms with van der Waals surface area (Å²) < 4.78 is 7.43. The summed E-state index contributed by atoms with van der Waals surface area (Å²) >= 11 is 0. The van der Waals surface area contributed by atoms with Gasteiger partial charge in [0.2, 0.25) is 0 Å². The molecule has 0 spiro atoms. The lowest BCUT2D eigenvalue weighted by Gasteiger charge is -2.08. The molecule has 3 aromatic heterocycles. The summed E-state index contributed by atoms with van der Waals surface area (Å²) in [5.74, 6) is 1.56. The quantitative estimate of drug-likeness (QED) is 0.430. The Balaban J connectivity index is 1.57. The third kappa shape index (κ3) is 2.91. The van der Waals surface area contributed by atoms with E-state index in [9.17, 15) is 9.59 Å². The number of fused-ring (bicyclic) bond motifs is 3. The van der Waals surface area contributed by atoms with E-state index in [1.165, 1.54) is 12.1 Å². The molecule has 3 heterocycles. The van der Waals surface area contributed by atoms with E-state index in [1.54, 1.807) is 29.1 Å². The van der Waals surface area contributed by atoms with Gasteiger partial charge in [-0.15, -0.1) is 0 Å². The van der Waals surface area contributed by atoms with Crippen molar-refractivity contribution in [3.8, 4) is 17.2 Å². The SMILES string of the molecule is Cc1ccc(Oc2ccc(-n3[nH]c4c(c3N)c(=O)[nH]c3cc(=O)ccc34)cc2)cn1. The molecule has 148 valence electrons. The van der Waals surface area contributed by atoms with Crippen LogP contribution in [0.3, 0.4) is 0 Å². The van der Waals surface area contributed by atoms with Crippen LogP contribution in [0.2, 0.25) is 0 Å². The Morgan fingerprint density at radius 1 is 1.00 bits per heavy atom. The standard InChI is InChI=1S/C22H17N5O3/c1-12-2-6-16(11-24-12)30-15-7-3-13(4-8-15)27-21(23)19-20(26-27)17-9-5-14(28)10-18(17)25-22(19)29/h2-11,26H,23H2,1H3,(H,25,29). The Morgan fingerprint density at radius 3 is 2.50 bits per heavy atom. The van der Waals surface area contributed by atoms with Crippen molar-refractivity contribution in [2.45, 2.75) is 6.92 Å². The van der Waals surface area contributed by atoms with Gasteiger partial charge in [-0.2, -0.15) is 0 Å². The Morgan fingerprint density at radius 2 is 1.77 bits per heavy atom. The molecule has 0 fully saturated rings. The van der Waals surface area contributed by atoms with Crippen molar-refractivity contribution in [3.63, 3.8) is 0 Å². The highest BCUT2D eigenvalue weighted by atomic mass is 16.5. The van der Waals surface area contributed by atoms with Crippen LogP contribution in [0.5, 0.6) is 11.5 Å². The van der Waals surface area contributed by atoms with Crippen LogP contribution in [0, 0.1) is 6.92 Å². The van der Waals surface area contributed by atoms with Crippen LogP contribution in [0.1, 0.15) is 5.69 Å². The zero-order valence-electron chi connectivity index (χ0n) is 16.0. The van der Waals surface area contributed by atoms with Gasteiger partial charge in [-0.1, -0.05) is 0 Å². The third-order valence-electron chi connectivity index (χ3n) is 4.92. The van der Waals surface area contributed by atoms with Gasteiger partial charge in [-0.25, -0.2) is 4.68 Å². The number of anilines is 1. The number of nitrogens with two attached hydrogens (primary N) is 1. The fourth-order valence-electron chi connectivity index (χ4n) is 3.44. The minimum Gasteiger partial charge on any atom is -0.456 e. The van der Waals surface area contributed by atoms with Gasteiger partial charge in [0.25, 0.3) is 5.56 Å². The van der Waals surface area contributed by atoms with Crippen LogP contribution in [0.25, 0.3) is 27.5 Å². The minimum atomic E-state index is -0.359. The second-order valence-electron chi connectivity index (χ2n) is 6.98. The molecule has 5 aromatic rings. The van der Waals surface area contributed by atoms with E-state index in [1.807, 2.05) is 31.2 Å². The summed E-state index contributed by atoms with van der Waals surface area (Å²) in [6.45, 7) is 1.91. The number of hydrogen-bond acceptors (Lipinski definition) is 5. The first-order chi connectivity index (χ1) is 14.5. The maximum absolute atomic E-state index is 12.6. The summed E-state index contributed by atoms with van der Waals surface area (Å²) in [6.07, 6.45) is 1.67. The first-order valence-corrected chi connectivity index (χ1v) is 9.27. The molecule has 8 heteroatoms. The molecular weight excluding hydrogens is 382 g/mol. The van der Waals surface area contributed by atoms with Gasteiger partial charge in [-0.05, 0) is 55.5 Å². The van der Waals surface area contributed by atoms with E-state index < -0.39 is 0 Å². The van der Waals surface area contributed by atoms with Crippen molar-refractivity contribution in [1.29, 1.82) is 0 Å². The lowest BCUT2D eigenvalue weighted by molar-refractivity contribution is 0.480. The monoisotopic (exact) mass is 399 g/mol. The number of nitrogen functional groups attached to an aromatic ring is 1. The van der Waals surface area contributed by atoms with Crippen molar-refractivity contribution in [2.24, 2.45) is 0 Å². The second kappa shape index (κ2) is 6.63. The number of aryl methyl sites for hydroxylation is 1.